The molecular weight excluding hydrogens is 282 g/mol. The molecule has 1 fully saturated rings. The minimum atomic E-state index is -3.42. The minimum Gasteiger partial charge on any atom is -0.459 e. The van der Waals surface area contributed by atoms with Gasteiger partial charge in [0.25, 0.3) is 16.1 Å². The van der Waals surface area contributed by atoms with Crippen LogP contribution in [0.15, 0.2) is 22.8 Å². The largest absolute Gasteiger partial charge is 0.459 e. The second-order valence-electron chi connectivity index (χ2n) is 4.81. The lowest BCUT2D eigenvalue weighted by atomic mass is 10.3. The monoisotopic (exact) mass is 301 g/mol. The zero-order chi connectivity index (χ0) is 14.8. The molecule has 0 bridgehead atoms. The first-order chi connectivity index (χ1) is 9.43. The summed E-state index contributed by atoms with van der Waals surface area (Å²) >= 11 is 0. The van der Waals surface area contributed by atoms with E-state index < -0.39 is 10.2 Å². The molecule has 20 heavy (non-hydrogen) atoms. The molecule has 0 radical (unpaired) electrons. The second-order valence-corrected chi connectivity index (χ2v) is 6.95. The third-order valence-electron chi connectivity index (χ3n) is 3.26. The Morgan fingerprint density at radius 3 is 2.60 bits per heavy atom. The average molecular weight is 301 g/mol. The highest BCUT2D eigenvalue weighted by Crippen LogP contribution is 2.13. The Hall–Kier alpha value is -1.38. The molecule has 0 aliphatic carbocycles. The molecule has 0 aromatic carbocycles. The Kier molecular flexibility index (Phi) is 4.46. The van der Waals surface area contributed by atoms with Crippen LogP contribution >= 0.6 is 0 Å². The second kappa shape index (κ2) is 5.94. The molecule has 0 saturated carbocycles. The van der Waals surface area contributed by atoms with E-state index in [1.54, 1.807) is 17.0 Å². The van der Waals surface area contributed by atoms with Crippen LogP contribution in [-0.2, 0) is 10.2 Å². The molecule has 0 N–H and O–H groups in total. The van der Waals surface area contributed by atoms with Crippen LogP contribution in [0, 0.1) is 0 Å². The van der Waals surface area contributed by atoms with Crippen molar-refractivity contribution in [2.45, 2.75) is 6.42 Å². The highest BCUT2D eigenvalue weighted by Gasteiger charge is 2.29. The van der Waals surface area contributed by atoms with Crippen LogP contribution in [0.1, 0.15) is 17.0 Å². The van der Waals surface area contributed by atoms with E-state index in [4.69, 9.17) is 4.42 Å². The summed E-state index contributed by atoms with van der Waals surface area (Å²) in [6.07, 6.45) is 2.06. The number of hydrogen-bond acceptors (Lipinski definition) is 4. The number of carbonyl (C=O) groups excluding carboxylic acids is 1. The van der Waals surface area contributed by atoms with Gasteiger partial charge in [-0.3, -0.25) is 4.79 Å². The van der Waals surface area contributed by atoms with Crippen molar-refractivity contribution in [2.75, 3.05) is 40.3 Å². The normalized spacial score (nSPS) is 18.2. The Morgan fingerprint density at radius 2 is 2.00 bits per heavy atom. The third kappa shape index (κ3) is 3.02. The number of furan rings is 1. The van der Waals surface area contributed by atoms with E-state index in [1.165, 1.54) is 29.0 Å². The molecule has 1 aromatic heterocycles. The molecule has 2 rings (SSSR count). The Balaban J connectivity index is 2.05. The molecular formula is C12H19N3O4S. The van der Waals surface area contributed by atoms with Crippen molar-refractivity contribution in [3.8, 4) is 0 Å². The number of carbonyl (C=O) groups is 1. The molecule has 1 aliphatic rings. The van der Waals surface area contributed by atoms with E-state index in [0.29, 0.717) is 32.6 Å². The molecule has 112 valence electrons. The topological polar surface area (TPSA) is 74.1 Å². The Morgan fingerprint density at radius 1 is 1.25 bits per heavy atom. The smallest absolute Gasteiger partial charge is 0.289 e. The van der Waals surface area contributed by atoms with Gasteiger partial charge in [0.15, 0.2) is 5.76 Å². The lowest BCUT2D eigenvalue weighted by molar-refractivity contribution is 0.0732. The Bertz CT molecular complexity index is 553. The standard InChI is InChI=1S/C12H19N3O4S/c1-13(2)20(17,18)15-7-4-6-14(8-9-15)12(16)11-5-3-10-19-11/h3,5,10H,4,6-9H2,1-2H3. The van der Waals surface area contributed by atoms with Gasteiger partial charge >= 0.3 is 0 Å². The predicted molar refractivity (Wildman–Crippen MR) is 73.4 cm³/mol. The van der Waals surface area contributed by atoms with Gasteiger partial charge in [0, 0.05) is 40.3 Å². The zero-order valence-corrected chi connectivity index (χ0v) is 12.5. The first-order valence-corrected chi connectivity index (χ1v) is 7.83. The molecule has 8 heteroatoms. The summed E-state index contributed by atoms with van der Waals surface area (Å²) in [5.74, 6) is 0.0908. The van der Waals surface area contributed by atoms with Gasteiger partial charge < -0.3 is 9.32 Å². The quantitative estimate of drug-likeness (QED) is 0.801. The van der Waals surface area contributed by atoms with E-state index >= 15 is 0 Å². The highest BCUT2D eigenvalue weighted by atomic mass is 32.2. The van der Waals surface area contributed by atoms with Crippen molar-refractivity contribution in [2.24, 2.45) is 0 Å². The summed E-state index contributed by atoms with van der Waals surface area (Å²) in [5.41, 5.74) is 0. The van der Waals surface area contributed by atoms with Crippen LogP contribution in [-0.4, -0.2) is 68.1 Å². The van der Waals surface area contributed by atoms with E-state index in [-0.39, 0.29) is 11.7 Å². The fourth-order valence-corrected chi connectivity index (χ4v) is 3.25. The lowest BCUT2D eigenvalue weighted by Crippen LogP contribution is -2.42. The van der Waals surface area contributed by atoms with Crippen molar-refractivity contribution in [3.63, 3.8) is 0 Å². The Labute approximate surface area is 118 Å². The summed E-state index contributed by atoms with van der Waals surface area (Å²) in [4.78, 5) is 13.8. The van der Waals surface area contributed by atoms with Crippen molar-refractivity contribution in [1.82, 2.24) is 13.5 Å². The molecule has 2 heterocycles. The summed E-state index contributed by atoms with van der Waals surface area (Å²) in [7, 11) is -0.409. The lowest BCUT2D eigenvalue weighted by Gasteiger charge is -2.24. The van der Waals surface area contributed by atoms with Gasteiger partial charge in [-0.05, 0) is 18.6 Å². The van der Waals surface area contributed by atoms with Crippen molar-refractivity contribution in [3.05, 3.63) is 24.2 Å². The van der Waals surface area contributed by atoms with Gasteiger partial charge in [0.1, 0.15) is 0 Å². The van der Waals surface area contributed by atoms with E-state index in [0.717, 1.165) is 0 Å². The van der Waals surface area contributed by atoms with Gasteiger partial charge in [-0.15, -0.1) is 0 Å². The first-order valence-electron chi connectivity index (χ1n) is 6.43. The maximum absolute atomic E-state index is 12.2. The van der Waals surface area contributed by atoms with Gasteiger partial charge in [0.2, 0.25) is 0 Å². The molecule has 0 atom stereocenters. The molecule has 0 spiro atoms. The molecule has 1 saturated heterocycles. The summed E-state index contributed by atoms with van der Waals surface area (Å²) in [6.45, 7) is 1.61. The highest BCUT2D eigenvalue weighted by molar-refractivity contribution is 7.86. The molecule has 7 nitrogen and oxygen atoms in total. The first kappa shape index (κ1) is 15.0. The van der Waals surface area contributed by atoms with E-state index in [1.807, 2.05) is 0 Å². The SMILES string of the molecule is CN(C)S(=O)(=O)N1CCCN(C(=O)c2ccco2)CC1. The van der Waals surface area contributed by atoms with Crippen LogP contribution in [0.4, 0.5) is 0 Å². The number of nitrogens with zero attached hydrogens (tertiary/aromatic N) is 3. The van der Waals surface area contributed by atoms with Crippen molar-refractivity contribution >= 4 is 16.1 Å². The third-order valence-corrected chi connectivity index (χ3v) is 5.20. The fraction of sp³-hybridized carbons (Fsp3) is 0.583. The predicted octanol–water partition coefficient (Wildman–Crippen LogP) is 0.234. The minimum absolute atomic E-state index is 0.195. The maximum atomic E-state index is 12.2. The van der Waals surface area contributed by atoms with Crippen molar-refractivity contribution in [1.29, 1.82) is 0 Å². The summed E-state index contributed by atoms with van der Waals surface area (Å²) in [5, 5.41) is 0. The average Bonchev–Trinajstić information content (AvgIpc) is 2.81. The summed E-state index contributed by atoms with van der Waals surface area (Å²) in [6, 6.07) is 3.27. The van der Waals surface area contributed by atoms with Crippen molar-refractivity contribution < 1.29 is 17.6 Å². The number of amides is 1. The molecule has 1 amide bonds. The molecule has 1 aliphatic heterocycles. The zero-order valence-electron chi connectivity index (χ0n) is 11.7. The number of rotatable bonds is 3. The maximum Gasteiger partial charge on any atom is 0.289 e. The van der Waals surface area contributed by atoms with Crippen LogP contribution < -0.4 is 0 Å². The molecule has 1 aromatic rings. The van der Waals surface area contributed by atoms with Gasteiger partial charge in [-0.1, -0.05) is 0 Å². The van der Waals surface area contributed by atoms with Crippen LogP contribution in [0.5, 0.6) is 0 Å². The van der Waals surface area contributed by atoms with Gasteiger partial charge in [-0.2, -0.15) is 17.0 Å². The van der Waals surface area contributed by atoms with E-state index in [2.05, 4.69) is 0 Å². The van der Waals surface area contributed by atoms with Crippen LogP contribution in [0.3, 0.4) is 0 Å². The number of hydrogen-bond donors (Lipinski definition) is 0. The van der Waals surface area contributed by atoms with Crippen LogP contribution in [0.2, 0.25) is 0 Å². The summed E-state index contributed by atoms with van der Waals surface area (Å²) < 4.78 is 31.8. The van der Waals surface area contributed by atoms with Gasteiger partial charge in [0.05, 0.1) is 6.26 Å². The van der Waals surface area contributed by atoms with Gasteiger partial charge in [-0.25, -0.2) is 0 Å². The van der Waals surface area contributed by atoms with E-state index in [9.17, 15) is 13.2 Å². The van der Waals surface area contributed by atoms with Crippen LogP contribution in [0.25, 0.3) is 0 Å². The fourth-order valence-electron chi connectivity index (χ4n) is 2.11. The molecule has 0 unspecified atom stereocenters.